The highest BCUT2D eigenvalue weighted by Gasteiger charge is 2.19. The Morgan fingerprint density at radius 3 is 2.86 bits per heavy atom. The molecule has 0 aromatic carbocycles. The van der Waals surface area contributed by atoms with Crippen molar-refractivity contribution in [2.75, 3.05) is 13.1 Å². The molecule has 0 atom stereocenters. The number of aromatic amines is 1. The van der Waals surface area contributed by atoms with Crippen LogP contribution in [0.4, 0.5) is 0 Å². The normalized spacial score (nSPS) is 16.0. The highest BCUT2D eigenvalue weighted by molar-refractivity contribution is 5.94. The summed E-state index contributed by atoms with van der Waals surface area (Å²) < 4.78 is 0. The number of rotatable bonds is 2. The van der Waals surface area contributed by atoms with Gasteiger partial charge in [0.15, 0.2) is 0 Å². The molecule has 0 spiro atoms. The third kappa shape index (κ3) is 1.82. The van der Waals surface area contributed by atoms with Crippen molar-refractivity contribution >= 4 is 5.91 Å². The Kier molecular flexibility index (Phi) is 2.32. The van der Waals surface area contributed by atoms with Crippen LogP contribution in [0.1, 0.15) is 10.4 Å². The smallest absolute Gasteiger partial charge is 0.251 e. The zero-order chi connectivity index (χ0) is 9.97. The third-order valence-electron chi connectivity index (χ3n) is 2.15. The first-order valence-electron chi connectivity index (χ1n) is 4.46. The van der Waals surface area contributed by atoms with E-state index in [2.05, 4.69) is 15.6 Å². The number of aromatic nitrogens is 1. The molecule has 1 fully saturated rings. The fraction of sp³-hybridized carbons (Fsp3) is 0.333. The van der Waals surface area contributed by atoms with Gasteiger partial charge in [0.25, 0.3) is 5.91 Å². The van der Waals surface area contributed by atoms with Crippen molar-refractivity contribution in [3.63, 3.8) is 0 Å². The fourth-order valence-corrected chi connectivity index (χ4v) is 1.25. The minimum absolute atomic E-state index is 0.192. The van der Waals surface area contributed by atoms with E-state index in [1.807, 2.05) is 0 Å². The Balaban J connectivity index is 2.06. The maximum atomic E-state index is 11.5. The quantitative estimate of drug-likeness (QED) is 0.568. The lowest BCUT2D eigenvalue weighted by atomic mass is 10.1. The summed E-state index contributed by atoms with van der Waals surface area (Å²) in [5, 5.41) is 5.85. The van der Waals surface area contributed by atoms with Crippen LogP contribution in [-0.2, 0) is 0 Å². The van der Waals surface area contributed by atoms with Gasteiger partial charge in [-0.1, -0.05) is 0 Å². The number of hydrogen-bond acceptors (Lipinski definition) is 3. The Bertz CT molecular complexity index is 395. The molecule has 2 rings (SSSR count). The Labute approximate surface area is 80.5 Å². The van der Waals surface area contributed by atoms with Crippen molar-refractivity contribution in [2.24, 2.45) is 0 Å². The molecule has 0 aliphatic carbocycles. The van der Waals surface area contributed by atoms with E-state index in [-0.39, 0.29) is 17.5 Å². The third-order valence-corrected chi connectivity index (χ3v) is 2.15. The largest absolute Gasteiger partial charge is 0.347 e. The number of pyridine rings is 1. The second-order valence-corrected chi connectivity index (χ2v) is 3.27. The minimum Gasteiger partial charge on any atom is -0.347 e. The van der Waals surface area contributed by atoms with Crippen molar-refractivity contribution in [2.45, 2.75) is 6.04 Å². The number of carbonyl (C=O) groups excluding carboxylic acids is 1. The summed E-state index contributed by atoms with van der Waals surface area (Å²) in [5.41, 5.74) is 0.144. The lowest BCUT2D eigenvalue weighted by Gasteiger charge is -2.27. The van der Waals surface area contributed by atoms with E-state index in [0.717, 1.165) is 13.1 Å². The molecule has 1 aromatic rings. The molecule has 14 heavy (non-hydrogen) atoms. The average molecular weight is 193 g/mol. The topological polar surface area (TPSA) is 74.0 Å². The molecule has 1 saturated heterocycles. The standard InChI is InChI=1S/C9H11N3O2/c13-8-3-6(1-2-11-8)9(14)12-7-4-10-5-7/h1-3,7,10H,4-5H2,(H,11,13)(H,12,14). The van der Waals surface area contributed by atoms with Crippen LogP contribution < -0.4 is 16.2 Å². The van der Waals surface area contributed by atoms with Gasteiger partial charge in [0, 0.05) is 30.9 Å². The average Bonchev–Trinajstić information content (AvgIpc) is 2.11. The first-order valence-corrected chi connectivity index (χ1v) is 4.46. The van der Waals surface area contributed by atoms with Gasteiger partial charge in [-0.25, -0.2) is 0 Å². The molecule has 0 unspecified atom stereocenters. The van der Waals surface area contributed by atoms with E-state index in [4.69, 9.17) is 0 Å². The van der Waals surface area contributed by atoms with Crippen LogP contribution in [0.2, 0.25) is 0 Å². The monoisotopic (exact) mass is 193 g/mol. The first kappa shape index (κ1) is 8.96. The molecule has 0 radical (unpaired) electrons. The molecular formula is C9H11N3O2. The summed E-state index contributed by atoms with van der Waals surface area (Å²) in [6, 6.07) is 3.08. The lowest BCUT2D eigenvalue weighted by molar-refractivity contribution is 0.0923. The van der Waals surface area contributed by atoms with E-state index in [1.54, 1.807) is 6.07 Å². The van der Waals surface area contributed by atoms with Gasteiger partial charge in [-0.05, 0) is 6.07 Å². The molecule has 0 bridgehead atoms. The summed E-state index contributed by atoms with van der Waals surface area (Å²) in [6.45, 7) is 1.60. The summed E-state index contributed by atoms with van der Waals surface area (Å²) in [7, 11) is 0. The first-order chi connectivity index (χ1) is 6.75. The minimum atomic E-state index is -0.260. The van der Waals surface area contributed by atoms with Gasteiger partial charge < -0.3 is 15.6 Å². The van der Waals surface area contributed by atoms with Crippen LogP contribution in [0, 0.1) is 0 Å². The van der Waals surface area contributed by atoms with Crippen molar-refractivity contribution < 1.29 is 4.79 Å². The number of carbonyl (C=O) groups is 1. The molecule has 1 aliphatic heterocycles. The zero-order valence-electron chi connectivity index (χ0n) is 7.54. The Hall–Kier alpha value is -1.62. The van der Waals surface area contributed by atoms with Crippen molar-refractivity contribution in [3.8, 4) is 0 Å². The van der Waals surface area contributed by atoms with E-state index >= 15 is 0 Å². The zero-order valence-corrected chi connectivity index (χ0v) is 7.54. The molecule has 3 N–H and O–H groups in total. The number of hydrogen-bond donors (Lipinski definition) is 3. The van der Waals surface area contributed by atoms with E-state index in [1.165, 1.54) is 12.3 Å². The predicted molar refractivity (Wildman–Crippen MR) is 51.2 cm³/mol. The lowest BCUT2D eigenvalue weighted by Crippen LogP contribution is -2.56. The summed E-state index contributed by atoms with van der Waals surface area (Å²) in [4.78, 5) is 24.9. The molecule has 5 heteroatoms. The molecule has 1 aromatic heterocycles. The van der Waals surface area contributed by atoms with E-state index in [0.29, 0.717) is 5.56 Å². The molecule has 1 aliphatic rings. The molecular weight excluding hydrogens is 182 g/mol. The van der Waals surface area contributed by atoms with Crippen LogP contribution in [0.5, 0.6) is 0 Å². The molecule has 74 valence electrons. The second-order valence-electron chi connectivity index (χ2n) is 3.27. The van der Waals surface area contributed by atoms with Gasteiger partial charge in [-0.15, -0.1) is 0 Å². The number of nitrogens with one attached hydrogen (secondary N) is 3. The van der Waals surface area contributed by atoms with E-state index < -0.39 is 0 Å². The molecule has 2 heterocycles. The molecule has 1 amide bonds. The summed E-state index contributed by atoms with van der Waals surface area (Å²) in [5.74, 6) is -0.192. The number of amides is 1. The highest BCUT2D eigenvalue weighted by Crippen LogP contribution is 1.96. The van der Waals surface area contributed by atoms with Crippen molar-refractivity contribution in [1.29, 1.82) is 0 Å². The van der Waals surface area contributed by atoms with Gasteiger partial charge in [-0.2, -0.15) is 0 Å². The van der Waals surface area contributed by atoms with E-state index in [9.17, 15) is 9.59 Å². The van der Waals surface area contributed by atoms with Crippen LogP contribution in [-0.4, -0.2) is 30.0 Å². The van der Waals surface area contributed by atoms with Crippen LogP contribution in [0.3, 0.4) is 0 Å². The highest BCUT2D eigenvalue weighted by atomic mass is 16.2. The van der Waals surface area contributed by atoms with Gasteiger partial charge >= 0.3 is 0 Å². The Morgan fingerprint density at radius 2 is 2.29 bits per heavy atom. The molecule has 0 saturated carbocycles. The van der Waals surface area contributed by atoms with Gasteiger partial charge in [0.05, 0.1) is 6.04 Å². The molecule has 5 nitrogen and oxygen atoms in total. The van der Waals surface area contributed by atoms with Crippen molar-refractivity contribution in [3.05, 3.63) is 34.2 Å². The Morgan fingerprint density at radius 1 is 1.50 bits per heavy atom. The SMILES string of the molecule is O=C(NC1CNC1)c1cc[nH]c(=O)c1. The van der Waals surface area contributed by atoms with Crippen molar-refractivity contribution in [1.82, 2.24) is 15.6 Å². The van der Waals surface area contributed by atoms with Crippen LogP contribution in [0.15, 0.2) is 23.1 Å². The van der Waals surface area contributed by atoms with Gasteiger partial charge in [0.1, 0.15) is 0 Å². The van der Waals surface area contributed by atoms with Gasteiger partial charge in [-0.3, -0.25) is 9.59 Å². The van der Waals surface area contributed by atoms with Gasteiger partial charge in [0.2, 0.25) is 5.56 Å². The predicted octanol–water partition coefficient (Wildman–Crippen LogP) is -0.924. The van der Waals surface area contributed by atoms with Crippen LogP contribution in [0.25, 0.3) is 0 Å². The summed E-state index contributed by atoms with van der Waals surface area (Å²) >= 11 is 0. The summed E-state index contributed by atoms with van der Waals surface area (Å²) in [6.07, 6.45) is 1.47. The maximum absolute atomic E-state index is 11.5. The maximum Gasteiger partial charge on any atom is 0.251 e. The fourth-order valence-electron chi connectivity index (χ4n) is 1.25. The number of H-pyrrole nitrogens is 1. The van der Waals surface area contributed by atoms with Crippen LogP contribution >= 0.6 is 0 Å². The second kappa shape index (κ2) is 3.63.